The summed E-state index contributed by atoms with van der Waals surface area (Å²) in [5.74, 6) is 0.865. The molecule has 0 aliphatic carbocycles. The second-order valence-corrected chi connectivity index (χ2v) is 3.46. The van der Waals surface area contributed by atoms with E-state index in [1.54, 1.807) is 7.11 Å². The number of aryl methyl sites for hydroxylation is 1. The SMILES string of the molecule is COc1cccc2nn(C)c(CCN)c12. The van der Waals surface area contributed by atoms with Crippen molar-refractivity contribution >= 4 is 10.9 Å². The second kappa shape index (κ2) is 3.90. The standard InChI is InChI=1S/C11H15N3O/c1-14-9(6-7-12)11-8(13-14)4-3-5-10(11)15-2/h3-5H,6-7,12H2,1-2H3. The summed E-state index contributed by atoms with van der Waals surface area (Å²) in [6.45, 7) is 0.618. The summed E-state index contributed by atoms with van der Waals surface area (Å²) < 4.78 is 7.21. The van der Waals surface area contributed by atoms with Gasteiger partial charge in [-0.2, -0.15) is 5.10 Å². The molecule has 0 amide bonds. The molecule has 4 heteroatoms. The van der Waals surface area contributed by atoms with Crippen molar-refractivity contribution in [2.75, 3.05) is 13.7 Å². The molecular weight excluding hydrogens is 190 g/mol. The van der Waals surface area contributed by atoms with Gasteiger partial charge in [0.15, 0.2) is 0 Å². The van der Waals surface area contributed by atoms with Crippen molar-refractivity contribution in [1.82, 2.24) is 9.78 Å². The third kappa shape index (κ3) is 1.57. The average Bonchev–Trinajstić information content (AvgIpc) is 2.56. The topological polar surface area (TPSA) is 53.1 Å². The minimum atomic E-state index is 0.618. The molecule has 0 atom stereocenters. The summed E-state index contributed by atoms with van der Waals surface area (Å²) >= 11 is 0. The van der Waals surface area contributed by atoms with Crippen LogP contribution in [0.3, 0.4) is 0 Å². The highest BCUT2D eigenvalue weighted by Gasteiger charge is 2.12. The van der Waals surface area contributed by atoms with Gasteiger partial charge in [-0.05, 0) is 18.7 Å². The van der Waals surface area contributed by atoms with Gasteiger partial charge in [0.05, 0.1) is 23.7 Å². The molecule has 1 aromatic carbocycles. The van der Waals surface area contributed by atoms with E-state index >= 15 is 0 Å². The quantitative estimate of drug-likeness (QED) is 0.815. The predicted molar refractivity (Wildman–Crippen MR) is 60.0 cm³/mol. The van der Waals surface area contributed by atoms with Crippen LogP contribution in [0.4, 0.5) is 0 Å². The van der Waals surface area contributed by atoms with Crippen LogP contribution in [0.15, 0.2) is 18.2 Å². The fourth-order valence-corrected chi connectivity index (χ4v) is 1.87. The number of fused-ring (bicyclic) bond motifs is 1. The van der Waals surface area contributed by atoms with Gasteiger partial charge in [0, 0.05) is 13.5 Å². The molecule has 1 aromatic heterocycles. The van der Waals surface area contributed by atoms with E-state index in [0.717, 1.165) is 28.8 Å². The highest BCUT2D eigenvalue weighted by Crippen LogP contribution is 2.28. The fourth-order valence-electron chi connectivity index (χ4n) is 1.87. The first-order valence-corrected chi connectivity index (χ1v) is 4.96. The summed E-state index contributed by atoms with van der Waals surface area (Å²) in [5.41, 5.74) is 7.68. The van der Waals surface area contributed by atoms with Gasteiger partial charge in [-0.1, -0.05) is 6.07 Å². The van der Waals surface area contributed by atoms with E-state index in [1.807, 2.05) is 29.9 Å². The first kappa shape index (κ1) is 9.98. The van der Waals surface area contributed by atoms with E-state index in [1.165, 1.54) is 0 Å². The van der Waals surface area contributed by atoms with Crippen molar-refractivity contribution in [3.63, 3.8) is 0 Å². The third-order valence-electron chi connectivity index (χ3n) is 2.54. The molecule has 0 aliphatic heterocycles. The summed E-state index contributed by atoms with van der Waals surface area (Å²) in [5, 5.41) is 5.50. The van der Waals surface area contributed by atoms with Gasteiger partial charge < -0.3 is 10.5 Å². The van der Waals surface area contributed by atoms with Crippen LogP contribution in [0.25, 0.3) is 10.9 Å². The van der Waals surface area contributed by atoms with Gasteiger partial charge in [-0.25, -0.2) is 0 Å². The molecule has 0 spiro atoms. The number of methoxy groups -OCH3 is 1. The molecule has 0 radical (unpaired) electrons. The van der Waals surface area contributed by atoms with Crippen LogP contribution in [0, 0.1) is 0 Å². The predicted octanol–water partition coefficient (Wildman–Crippen LogP) is 1.08. The van der Waals surface area contributed by atoms with Crippen molar-refractivity contribution < 1.29 is 4.74 Å². The molecule has 0 aliphatic rings. The molecule has 0 unspecified atom stereocenters. The molecule has 80 valence electrons. The average molecular weight is 205 g/mol. The van der Waals surface area contributed by atoms with Crippen LogP contribution in [-0.2, 0) is 13.5 Å². The third-order valence-corrected chi connectivity index (χ3v) is 2.54. The number of hydrogen-bond donors (Lipinski definition) is 1. The van der Waals surface area contributed by atoms with E-state index in [0.29, 0.717) is 6.54 Å². The summed E-state index contributed by atoms with van der Waals surface area (Å²) in [6, 6.07) is 5.88. The van der Waals surface area contributed by atoms with E-state index < -0.39 is 0 Å². The Labute approximate surface area is 88.6 Å². The van der Waals surface area contributed by atoms with Crippen molar-refractivity contribution in [3.8, 4) is 5.75 Å². The van der Waals surface area contributed by atoms with Crippen molar-refractivity contribution in [1.29, 1.82) is 0 Å². The molecule has 2 N–H and O–H groups in total. The Morgan fingerprint density at radius 2 is 2.27 bits per heavy atom. The molecule has 0 saturated heterocycles. The first-order valence-electron chi connectivity index (χ1n) is 4.96. The molecule has 15 heavy (non-hydrogen) atoms. The molecule has 4 nitrogen and oxygen atoms in total. The van der Waals surface area contributed by atoms with Crippen molar-refractivity contribution in [2.45, 2.75) is 6.42 Å². The molecule has 1 heterocycles. The smallest absolute Gasteiger partial charge is 0.130 e. The van der Waals surface area contributed by atoms with Gasteiger partial charge in [0.25, 0.3) is 0 Å². The van der Waals surface area contributed by atoms with Crippen molar-refractivity contribution in [3.05, 3.63) is 23.9 Å². The number of benzene rings is 1. The maximum absolute atomic E-state index is 5.59. The number of ether oxygens (including phenoxy) is 1. The minimum absolute atomic E-state index is 0.618. The normalized spacial score (nSPS) is 10.9. The summed E-state index contributed by atoms with van der Waals surface area (Å²) in [4.78, 5) is 0. The molecule has 0 fully saturated rings. The van der Waals surface area contributed by atoms with Gasteiger partial charge in [-0.15, -0.1) is 0 Å². The Bertz CT molecular complexity index is 476. The second-order valence-electron chi connectivity index (χ2n) is 3.46. The van der Waals surface area contributed by atoms with Crippen LogP contribution in [0.2, 0.25) is 0 Å². The number of nitrogens with zero attached hydrogens (tertiary/aromatic N) is 2. The Kier molecular flexibility index (Phi) is 2.60. The van der Waals surface area contributed by atoms with Crippen LogP contribution in [-0.4, -0.2) is 23.4 Å². The van der Waals surface area contributed by atoms with Gasteiger partial charge in [0.2, 0.25) is 0 Å². The lowest BCUT2D eigenvalue weighted by Crippen LogP contribution is -2.07. The Hall–Kier alpha value is -1.55. The lowest BCUT2D eigenvalue weighted by atomic mass is 10.1. The number of hydrogen-bond acceptors (Lipinski definition) is 3. The van der Waals surface area contributed by atoms with Crippen LogP contribution >= 0.6 is 0 Å². The van der Waals surface area contributed by atoms with Crippen molar-refractivity contribution in [2.24, 2.45) is 12.8 Å². The Balaban J connectivity index is 2.71. The zero-order valence-corrected chi connectivity index (χ0v) is 9.03. The van der Waals surface area contributed by atoms with E-state index in [2.05, 4.69) is 5.10 Å². The zero-order chi connectivity index (χ0) is 10.8. The maximum Gasteiger partial charge on any atom is 0.130 e. The Morgan fingerprint density at radius 1 is 1.47 bits per heavy atom. The van der Waals surface area contributed by atoms with E-state index in [-0.39, 0.29) is 0 Å². The number of aromatic nitrogens is 2. The van der Waals surface area contributed by atoms with Crippen LogP contribution < -0.4 is 10.5 Å². The minimum Gasteiger partial charge on any atom is -0.496 e. The number of rotatable bonds is 3. The van der Waals surface area contributed by atoms with Gasteiger partial charge >= 0.3 is 0 Å². The van der Waals surface area contributed by atoms with Gasteiger partial charge in [-0.3, -0.25) is 4.68 Å². The highest BCUT2D eigenvalue weighted by molar-refractivity contribution is 5.88. The highest BCUT2D eigenvalue weighted by atomic mass is 16.5. The summed E-state index contributed by atoms with van der Waals surface area (Å²) in [6.07, 6.45) is 0.813. The number of nitrogens with two attached hydrogens (primary N) is 1. The van der Waals surface area contributed by atoms with E-state index in [9.17, 15) is 0 Å². The lowest BCUT2D eigenvalue weighted by molar-refractivity contribution is 0.419. The van der Waals surface area contributed by atoms with Crippen LogP contribution in [0.1, 0.15) is 5.69 Å². The lowest BCUT2D eigenvalue weighted by Gasteiger charge is -2.04. The Morgan fingerprint density at radius 3 is 2.93 bits per heavy atom. The molecule has 2 aromatic rings. The fraction of sp³-hybridized carbons (Fsp3) is 0.364. The largest absolute Gasteiger partial charge is 0.496 e. The van der Waals surface area contributed by atoms with E-state index in [4.69, 9.17) is 10.5 Å². The monoisotopic (exact) mass is 205 g/mol. The summed E-state index contributed by atoms with van der Waals surface area (Å²) in [7, 11) is 3.61. The molecule has 2 rings (SSSR count). The first-order chi connectivity index (χ1) is 7.27. The maximum atomic E-state index is 5.59. The molecule has 0 saturated carbocycles. The van der Waals surface area contributed by atoms with Crippen LogP contribution in [0.5, 0.6) is 5.75 Å². The zero-order valence-electron chi connectivity index (χ0n) is 9.03. The van der Waals surface area contributed by atoms with Gasteiger partial charge in [0.1, 0.15) is 5.75 Å². The molecular formula is C11H15N3O. The molecule has 0 bridgehead atoms.